The molecular formula is C18H15N3O5. The Labute approximate surface area is 148 Å². The van der Waals surface area contributed by atoms with Gasteiger partial charge in [0, 0.05) is 23.4 Å². The molecule has 0 bridgehead atoms. The van der Waals surface area contributed by atoms with Gasteiger partial charge in [0.05, 0.1) is 4.92 Å². The normalized spacial score (nSPS) is 15.1. The number of fused-ring (bicyclic) bond motifs is 1. The molecule has 0 amide bonds. The van der Waals surface area contributed by atoms with Gasteiger partial charge in [-0.3, -0.25) is 20.8 Å². The number of nitrogens with two attached hydrogens (primary N) is 1. The fourth-order valence-corrected chi connectivity index (χ4v) is 2.23. The number of non-ortho nitro benzene ring substituents is 1. The molecule has 8 nitrogen and oxygen atoms in total. The largest absolute Gasteiger partial charge is 0.454 e. The molecule has 1 aliphatic carbocycles. The summed E-state index contributed by atoms with van der Waals surface area (Å²) in [5.41, 5.74) is 4.76. The summed E-state index contributed by atoms with van der Waals surface area (Å²) >= 11 is 0. The van der Waals surface area contributed by atoms with Gasteiger partial charge in [-0.25, -0.2) is 0 Å². The van der Waals surface area contributed by atoms with Crippen molar-refractivity contribution in [3.63, 3.8) is 0 Å². The molecule has 0 atom stereocenters. The number of hydrogen-bond acceptors (Lipinski definition) is 7. The molecule has 3 N–H and O–H groups in total. The van der Waals surface area contributed by atoms with Crippen LogP contribution in [0.25, 0.3) is 6.08 Å². The summed E-state index contributed by atoms with van der Waals surface area (Å²) in [6.45, 7) is 0.272. The van der Waals surface area contributed by atoms with Gasteiger partial charge in [0.15, 0.2) is 17.3 Å². The van der Waals surface area contributed by atoms with Crippen molar-refractivity contribution in [2.75, 3.05) is 12.2 Å². The first kappa shape index (κ1) is 17.2. The van der Waals surface area contributed by atoms with Crippen LogP contribution in [-0.4, -0.2) is 17.5 Å². The number of rotatable bonds is 3. The van der Waals surface area contributed by atoms with E-state index in [9.17, 15) is 14.9 Å². The zero-order valence-corrected chi connectivity index (χ0v) is 13.5. The van der Waals surface area contributed by atoms with Crippen molar-refractivity contribution in [1.82, 2.24) is 0 Å². The molecule has 2 aromatic carbocycles. The zero-order chi connectivity index (χ0) is 18.5. The molecular weight excluding hydrogens is 338 g/mol. The molecule has 132 valence electrons. The summed E-state index contributed by atoms with van der Waals surface area (Å²) in [5, 5.41) is 10.2. The zero-order valence-electron chi connectivity index (χ0n) is 13.5. The van der Waals surface area contributed by atoms with Crippen molar-refractivity contribution >= 4 is 23.2 Å². The summed E-state index contributed by atoms with van der Waals surface area (Å²) < 4.78 is 10.4. The van der Waals surface area contributed by atoms with E-state index in [0.717, 1.165) is 22.6 Å². The average Bonchev–Trinajstić information content (AvgIpc) is 3.13. The number of hydrazine groups is 1. The number of ether oxygens (including phenoxy) is 2. The van der Waals surface area contributed by atoms with Crippen LogP contribution in [-0.2, 0) is 4.79 Å². The van der Waals surface area contributed by atoms with E-state index in [4.69, 9.17) is 15.3 Å². The second-order valence-electron chi connectivity index (χ2n) is 5.36. The molecule has 2 aliphatic rings. The van der Waals surface area contributed by atoms with Crippen molar-refractivity contribution in [2.24, 2.45) is 5.84 Å². The smallest absolute Gasteiger partial charge is 0.269 e. The topological polar surface area (TPSA) is 117 Å². The van der Waals surface area contributed by atoms with Gasteiger partial charge in [-0.15, -0.1) is 0 Å². The lowest BCUT2D eigenvalue weighted by molar-refractivity contribution is -0.384. The Morgan fingerprint density at radius 3 is 2.38 bits per heavy atom. The number of anilines is 1. The number of ketones is 1. The van der Waals surface area contributed by atoms with Crippen LogP contribution >= 0.6 is 0 Å². The van der Waals surface area contributed by atoms with E-state index in [0.29, 0.717) is 5.69 Å². The van der Waals surface area contributed by atoms with Gasteiger partial charge in [-0.2, -0.15) is 0 Å². The molecule has 0 saturated heterocycles. The third kappa shape index (κ3) is 3.87. The summed E-state index contributed by atoms with van der Waals surface area (Å²) in [6, 6.07) is 11.5. The molecule has 8 heteroatoms. The number of nitro groups is 1. The van der Waals surface area contributed by atoms with Crippen molar-refractivity contribution < 1.29 is 19.2 Å². The summed E-state index contributed by atoms with van der Waals surface area (Å²) in [7, 11) is 0. The standard InChI is InChI=1S/C12H8O3.C6H7N3O2/c13-10-3-2-9(10)5-8-1-4-11-12(6-8)15-7-14-11;7-8-5-1-3-6(4-2-5)9(10)11/h1-6H,7H2;1-4,8H,7H2. The number of carbonyl (C=O) groups excluding carboxylic acids is 1. The number of allylic oxidation sites excluding steroid dienone is 3. The Hall–Kier alpha value is -3.65. The van der Waals surface area contributed by atoms with Crippen molar-refractivity contribution in [1.29, 1.82) is 0 Å². The van der Waals surface area contributed by atoms with Gasteiger partial charge in [-0.05, 0) is 48.1 Å². The lowest BCUT2D eigenvalue weighted by atomic mass is 9.98. The quantitative estimate of drug-likeness (QED) is 0.377. The summed E-state index contributed by atoms with van der Waals surface area (Å²) in [5.74, 6) is 6.63. The molecule has 0 spiro atoms. The minimum atomic E-state index is -0.458. The number of carbonyl (C=O) groups is 1. The molecule has 0 radical (unpaired) electrons. The highest BCUT2D eigenvalue weighted by Gasteiger charge is 2.15. The highest BCUT2D eigenvalue weighted by molar-refractivity contribution is 6.16. The van der Waals surface area contributed by atoms with Gasteiger partial charge in [-0.1, -0.05) is 6.07 Å². The second-order valence-corrected chi connectivity index (χ2v) is 5.36. The lowest BCUT2D eigenvalue weighted by Crippen LogP contribution is -2.06. The maximum atomic E-state index is 11.1. The monoisotopic (exact) mass is 353 g/mol. The fraction of sp³-hybridized carbons (Fsp3) is 0.0556. The van der Waals surface area contributed by atoms with Crippen LogP contribution in [0.5, 0.6) is 11.5 Å². The number of nitro benzene ring substituents is 1. The van der Waals surface area contributed by atoms with E-state index in [1.54, 1.807) is 12.2 Å². The number of nitrogens with zero attached hydrogens (tertiary/aromatic N) is 1. The average molecular weight is 353 g/mol. The first-order chi connectivity index (χ1) is 12.6. The third-order valence-corrected chi connectivity index (χ3v) is 3.66. The predicted molar refractivity (Wildman–Crippen MR) is 95.6 cm³/mol. The van der Waals surface area contributed by atoms with E-state index in [-0.39, 0.29) is 18.3 Å². The van der Waals surface area contributed by atoms with Gasteiger partial charge in [0.25, 0.3) is 5.69 Å². The molecule has 0 saturated carbocycles. The van der Waals surface area contributed by atoms with Gasteiger partial charge in [0.1, 0.15) is 0 Å². The van der Waals surface area contributed by atoms with Gasteiger partial charge < -0.3 is 14.9 Å². The Bertz CT molecular complexity index is 904. The lowest BCUT2D eigenvalue weighted by Gasteiger charge is -2.05. The molecule has 1 aliphatic heterocycles. The maximum Gasteiger partial charge on any atom is 0.269 e. The molecule has 0 aromatic heterocycles. The second kappa shape index (κ2) is 7.49. The molecule has 2 aromatic rings. The predicted octanol–water partition coefficient (Wildman–Crippen LogP) is 2.82. The molecule has 4 rings (SSSR count). The van der Waals surface area contributed by atoms with E-state index in [2.05, 4.69) is 5.43 Å². The van der Waals surface area contributed by atoms with E-state index in [1.165, 1.54) is 24.3 Å². The van der Waals surface area contributed by atoms with Gasteiger partial charge >= 0.3 is 0 Å². The molecule has 26 heavy (non-hydrogen) atoms. The van der Waals surface area contributed by atoms with Crippen molar-refractivity contribution in [3.05, 3.63) is 75.9 Å². The number of nitrogens with one attached hydrogen (secondary N) is 1. The first-order valence-electron chi connectivity index (χ1n) is 7.61. The number of benzene rings is 2. The minimum absolute atomic E-state index is 0.0593. The van der Waals surface area contributed by atoms with Gasteiger partial charge in [0.2, 0.25) is 6.79 Å². The summed E-state index contributed by atoms with van der Waals surface area (Å²) in [6.07, 6.45) is 5.19. The van der Waals surface area contributed by atoms with E-state index in [1.807, 2.05) is 24.3 Å². The fourth-order valence-electron chi connectivity index (χ4n) is 2.23. The Morgan fingerprint density at radius 2 is 1.81 bits per heavy atom. The highest BCUT2D eigenvalue weighted by atomic mass is 16.7. The SMILES string of the molecule is NNc1ccc([N+](=O)[O-])cc1.O=C1C=CC1=Cc1ccc2c(c1)OCO2. The maximum absolute atomic E-state index is 11.1. The number of hydrogen-bond donors (Lipinski definition) is 2. The van der Waals surface area contributed by atoms with E-state index >= 15 is 0 Å². The van der Waals surface area contributed by atoms with Crippen LogP contribution in [0.3, 0.4) is 0 Å². The minimum Gasteiger partial charge on any atom is -0.454 e. The first-order valence-corrected chi connectivity index (χ1v) is 7.61. The molecule has 1 heterocycles. The third-order valence-electron chi connectivity index (χ3n) is 3.66. The van der Waals surface area contributed by atoms with Crippen LogP contribution < -0.4 is 20.7 Å². The molecule has 0 unspecified atom stereocenters. The van der Waals surface area contributed by atoms with Crippen LogP contribution in [0, 0.1) is 10.1 Å². The van der Waals surface area contributed by atoms with Crippen LogP contribution in [0.4, 0.5) is 11.4 Å². The number of nitrogen functional groups attached to an aromatic ring is 1. The van der Waals surface area contributed by atoms with Crippen molar-refractivity contribution in [3.8, 4) is 11.5 Å². The summed E-state index contributed by atoms with van der Waals surface area (Å²) in [4.78, 5) is 20.8. The van der Waals surface area contributed by atoms with Crippen LogP contribution in [0.1, 0.15) is 5.56 Å². The Morgan fingerprint density at radius 1 is 1.08 bits per heavy atom. The Balaban J connectivity index is 0.000000160. The highest BCUT2D eigenvalue weighted by Crippen LogP contribution is 2.33. The van der Waals surface area contributed by atoms with E-state index < -0.39 is 4.92 Å². The molecule has 0 fully saturated rings. The van der Waals surface area contributed by atoms with Crippen LogP contribution in [0.2, 0.25) is 0 Å². The van der Waals surface area contributed by atoms with Crippen molar-refractivity contribution in [2.45, 2.75) is 0 Å². The Kier molecular flexibility index (Phi) is 4.95. The van der Waals surface area contributed by atoms with Crippen LogP contribution in [0.15, 0.2) is 60.2 Å².